The largest absolute Gasteiger partial charge is 0.494 e. The van der Waals surface area contributed by atoms with Crippen LogP contribution in [0.3, 0.4) is 0 Å². The number of nitrogens with one attached hydrogen (secondary N) is 1. The summed E-state index contributed by atoms with van der Waals surface area (Å²) in [5.74, 6) is -0.705. The smallest absolute Gasteiger partial charge is 0.155 e. The minimum atomic E-state index is -0.684. The molecule has 2 aliphatic rings. The van der Waals surface area contributed by atoms with E-state index in [0.29, 0.717) is 36.5 Å². The van der Waals surface area contributed by atoms with Crippen LogP contribution in [0, 0.1) is 11.6 Å². The Hall–Kier alpha value is -2.97. The highest BCUT2D eigenvalue weighted by atomic mass is 35.5. The number of rotatable bonds is 5. The van der Waals surface area contributed by atoms with E-state index in [9.17, 15) is 8.78 Å². The van der Waals surface area contributed by atoms with Crippen LogP contribution in [0.5, 0.6) is 5.75 Å². The maximum Gasteiger partial charge on any atom is 0.155 e. The lowest BCUT2D eigenvalue weighted by Gasteiger charge is -2.18. The van der Waals surface area contributed by atoms with Crippen molar-refractivity contribution in [3.8, 4) is 5.75 Å². The highest BCUT2D eigenvalue weighted by Gasteiger charge is 2.30. The summed E-state index contributed by atoms with van der Waals surface area (Å²) in [4.78, 5) is 4.70. The second kappa shape index (κ2) is 7.94. The summed E-state index contributed by atoms with van der Waals surface area (Å²) in [6.45, 7) is 2.90. The van der Waals surface area contributed by atoms with Crippen molar-refractivity contribution in [2.75, 3.05) is 19.8 Å². The topological polar surface area (TPSA) is 60.7 Å². The number of aromatic nitrogens is 2. The molecule has 2 aromatic carbocycles. The standard InChI is InChI=1S/C22H19ClF2N4O2/c1-2-31-12-7-16(24)14(17(25)8-12)9-29-19-6-4-3-5-13(19)20(28-29)22-26-18-11-30-10-15(18)21(23)27-22/h3-8,18H,2,9-11H2,1H3,(H,26,27). The Kier molecular flexibility index (Phi) is 5.11. The van der Waals surface area contributed by atoms with Crippen LogP contribution in [0.15, 0.2) is 52.1 Å². The summed E-state index contributed by atoms with van der Waals surface area (Å²) in [6, 6.07) is 9.68. The summed E-state index contributed by atoms with van der Waals surface area (Å²) < 4.78 is 41.5. The lowest BCUT2D eigenvalue weighted by molar-refractivity contribution is 0.199. The van der Waals surface area contributed by atoms with Crippen LogP contribution in [0.4, 0.5) is 8.78 Å². The van der Waals surface area contributed by atoms with Gasteiger partial charge in [-0.1, -0.05) is 29.8 Å². The van der Waals surface area contributed by atoms with Crippen LogP contribution < -0.4 is 10.1 Å². The molecule has 1 N–H and O–H groups in total. The van der Waals surface area contributed by atoms with Gasteiger partial charge in [-0.3, -0.25) is 9.67 Å². The lowest BCUT2D eigenvalue weighted by Crippen LogP contribution is -2.32. The van der Waals surface area contributed by atoms with Gasteiger partial charge < -0.3 is 14.8 Å². The van der Waals surface area contributed by atoms with Gasteiger partial charge in [0.15, 0.2) is 5.84 Å². The molecule has 160 valence electrons. The Balaban J connectivity index is 1.55. The Bertz CT molecular complexity index is 1210. The number of hydrogen-bond donors (Lipinski definition) is 1. The first kappa shape index (κ1) is 20.0. The molecular weight excluding hydrogens is 426 g/mol. The SMILES string of the molecule is CCOc1cc(F)c(Cn2nc(C3=NC4COCC4=C(Cl)N3)c3ccccc32)c(F)c1. The van der Waals surface area contributed by atoms with Crippen molar-refractivity contribution < 1.29 is 18.3 Å². The van der Waals surface area contributed by atoms with E-state index in [1.165, 1.54) is 12.1 Å². The molecule has 0 amide bonds. The summed E-state index contributed by atoms with van der Waals surface area (Å²) in [5, 5.41) is 9.01. The van der Waals surface area contributed by atoms with Crippen molar-refractivity contribution in [1.82, 2.24) is 15.1 Å². The monoisotopic (exact) mass is 444 g/mol. The van der Waals surface area contributed by atoms with Crippen molar-refractivity contribution in [2.24, 2.45) is 4.99 Å². The second-order valence-corrected chi connectivity index (χ2v) is 7.67. The van der Waals surface area contributed by atoms with E-state index >= 15 is 0 Å². The van der Waals surface area contributed by atoms with E-state index in [1.54, 1.807) is 11.6 Å². The molecule has 0 radical (unpaired) electrons. The van der Waals surface area contributed by atoms with Crippen LogP contribution >= 0.6 is 11.6 Å². The lowest BCUT2D eigenvalue weighted by atomic mass is 10.1. The molecule has 2 aliphatic heterocycles. The van der Waals surface area contributed by atoms with E-state index in [0.717, 1.165) is 16.5 Å². The predicted octanol–water partition coefficient (Wildman–Crippen LogP) is 3.96. The third kappa shape index (κ3) is 3.55. The number of nitrogens with zero attached hydrogens (tertiary/aromatic N) is 3. The summed E-state index contributed by atoms with van der Waals surface area (Å²) >= 11 is 6.39. The fraction of sp³-hybridized carbons (Fsp3) is 0.273. The van der Waals surface area contributed by atoms with Crippen molar-refractivity contribution in [3.05, 3.63) is 70.0 Å². The molecule has 0 saturated carbocycles. The maximum absolute atomic E-state index is 14.6. The summed E-state index contributed by atoms with van der Waals surface area (Å²) in [6.07, 6.45) is 0. The van der Waals surface area contributed by atoms with E-state index < -0.39 is 11.6 Å². The molecular formula is C22H19ClF2N4O2. The average molecular weight is 445 g/mol. The van der Waals surface area contributed by atoms with Crippen molar-refractivity contribution in [1.29, 1.82) is 0 Å². The van der Waals surface area contributed by atoms with Gasteiger partial charge in [0.25, 0.3) is 0 Å². The molecule has 9 heteroatoms. The Labute approximate surface area is 182 Å². The molecule has 0 bridgehead atoms. The third-order valence-corrected chi connectivity index (χ3v) is 5.68. The number of ether oxygens (including phenoxy) is 2. The second-order valence-electron chi connectivity index (χ2n) is 7.29. The maximum atomic E-state index is 14.6. The highest BCUT2D eigenvalue weighted by Crippen LogP contribution is 2.28. The molecule has 1 fully saturated rings. The third-order valence-electron chi connectivity index (χ3n) is 5.35. The molecule has 0 aliphatic carbocycles. The Morgan fingerprint density at radius 1 is 1.26 bits per heavy atom. The molecule has 1 unspecified atom stereocenters. The van der Waals surface area contributed by atoms with Crippen LogP contribution in [0.1, 0.15) is 18.2 Å². The van der Waals surface area contributed by atoms with E-state index in [2.05, 4.69) is 10.4 Å². The zero-order chi connectivity index (χ0) is 21.5. The average Bonchev–Trinajstić information content (AvgIpc) is 3.36. The van der Waals surface area contributed by atoms with Crippen LogP contribution in [-0.4, -0.2) is 41.5 Å². The van der Waals surface area contributed by atoms with Crippen molar-refractivity contribution >= 4 is 28.3 Å². The molecule has 3 aromatic rings. The zero-order valence-corrected chi connectivity index (χ0v) is 17.4. The predicted molar refractivity (Wildman–Crippen MR) is 114 cm³/mol. The van der Waals surface area contributed by atoms with Gasteiger partial charge in [-0.25, -0.2) is 8.78 Å². The molecule has 0 spiro atoms. The minimum absolute atomic E-state index is 0.0841. The Morgan fingerprint density at radius 2 is 2.03 bits per heavy atom. The first-order chi connectivity index (χ1) is 15.0. The number of fused-ring (bicyclic) bond motifs is 2. The normalized spacial score (nSPS) is 18.2. The van der Waals surface area contributed by atoms with Gasteiger partial charge in [0.1, 0.15) is 34.3 Å². The van der Waals surface area contributed by atoms with Gasteiger partial charge in [-0.2, -0.15) is 5.10 Å². The van der Waals surface area contributed by atoms with E-state index in [1.807, 2.05) is 24.3 Å². The molecule has 1 aromatic heterocycles. The van der Waals surface area contributed by atoms with E-state index in [-0.39, 0.29) is 23.9 Å². The zero-order valence-electron chi connectivity index (χ0n) is 16.7. The first-order valence-corrected chi connectivity index (χ1v) is 10.3. The summed E-state index contributed by atoms with van der Waals surface area (Å²) in [7, 11) is 0. The van der Waals surface area contributed by atoms with Crippen LogP contribution in [0.2, 0.25) is 0 Å². The van der Waals surface area contributed by atoms with Crippen molar-refractivity contribution in [2.45, 2.75) is 19.5 Å². The number of aliphatic imine (C=N–C) groups is 1. The first-order valence-electron chi connectivity index (χ1n) is 9.93. The highest BCUT2D eigenvalue weighted by molar-refractivity contribution is 6.32. The molecule has 1 atom stereocenters. The van der Waals surface area contributed by atoms with Gasteiger partial charge >= 0.3 is 0 Å². The van der Waals surface area contributed by atoms with Crippen molar-refractivity contribution in [3.63, 3.8) is 0 Å². The molecule has 3 heterocycles. The van der Waals surface area contributed by atoms with Gasteiger partial charge in [0.2, 0.25) is 0 Å². The van der Waals surface area contributed by atoms with Gasteiger partial charge in [-0.15, -0.1) is 0 Å². The van der Waals surface area contributed by atoms with Gasteiger partial charge in [-0.05, 0) is 13.0 Å². The number of amidine groups is 1. The number of para-hydroxylation sites is 1. The Morgan fingerprint density at radius 3 is 2.81 bits per heavy atom. The number of hydrogen-bond acceptors (Lipinski definition) is 5. The minimum Gasteiger partial charge on any atom is -0.494 e. The van der Waals surface area contributed by atoms with Crippen LogP contribution in [0.25, 0.3) is 10.9 Å². The fourth-order valence-electron chi connectivity index (χ4n) is 3.85. The fourth-order valence-corrected chi connectivity index (χ4v) is 4.12. The summed E-state index contributed by atoms with van der Waals surface area (Å²) in [5.41, 5.74) is 2.11. The molecule has 5 rings (SSSR count). The number of benzene rings is 2. The van der Waals surface area contributed by atoms with Gasteiger partial charge in [0.05, 0.1) is 31.9 Å². The molecule has 6 nitrogen and oxygen atoms in total. The molecule has 31 heavy (non-hydrogen) atoms. The van der Waals surface area contributed by atoms with Gasteiger partial charge in [0, 0.05) is 28.7 Å². The van der Waals surface area contributed by atoms with Crippen LogP contribution in [-0.2, 0) is 11.3 Å². The van der Waals surface area contributed by atoms with E-state index in [4.69, 9.17) is 26.1 Å². The number of halogens is 3. The molecule has 1 saturated heterocycles. The quantitative estimate of drug-likeness (QED) is 0.605.